The molecular formula is C15H16N6O2. The van der Waals surface area contributed by atoms with Gasteiger partial charge in [-0.15, -0.1) is 0 Å². The quantitative estimate of drug-likeness (QED) is 0.518. The molecule has 23 heavy (non-hydrogen) atoms. The van der Waals surface area contributed by atoms with Gasteiger partial charge in [-0.2, -0.15) is 15.3 Å². The van der Waals surface area contributed by atoms with E-state index in [1.54, 1.807) is 7.11 Å². The van der Waals surface area contributed by atoms with Crippen LogP contribution in [-0.4, -0.2) is 34.7 Å². The van der Waals surface area contributed by atoms with Gasteiger partial charge in [-0.25, -0.2) is 5.10 Å². The van der Waals surface area contributed by atoms with Gasteiger partial charge in [0.05, 0.1) is 7.11 Å². The summed E-state index contributed by atoms with van der Waals surface area (Å²) in [6.07, 6.45) is 3.25. The molecule has 0 aliphatic heterocycles. The molecule has 0 saturated carbocycles. The molecule has 8 heteroatoms. The lowest BCUT2D eigenvalue weighted by molar-refractivity contribution is -0.117. The second-order valence-corrected chi connectivity index (χ2v) is 4.50. The Hall–Kier alpha value is -3.34. The highest BCUT2D eigenvalue weighted by atomic mass is 16.5. The zero-order chi connectivity index (χ0) is 16.5. The summed E-state index contributed by atoms with van der Waals surface area (Å²) >= 11 is 0. The van der Waals surface area contributed by atoms with Crippen molar-refractivity contribution < 1.29 is 9.53 Å². The highest BCUT2D eigenvalue weighted by Gasteiger charge is 2.08. The van der Waals surface area contributed by atoms with Crippen LogP contribution in [-0.2, 0) is 11.2 Å². The Balaban J connectivity index is 1.82. The fourth-order valence-corrected chi connectivity index (χ4v) is 1.77. The van der Waals surface area contributed by atoms with Crippen LogP contribution < -0.4 is 15.4 Å². The average molecular weight is 312 g/mol. The number of hydrogen-bond acceptors (Lipinski definition) is 6. The maximum absolute atomic E-state index is 11.9. The number of carbonyl (C=O) groups is 1. The minimum Gasteiger partial charge on any atom is -0.497 e. The number of nitriles is 1. The molecule has 118 valence electrons. The molecule has 0 bridgehead atoms. The van der Waals surface area contributed by atoms with E-state index in [2.05, 4.69) is 25.8 Å². The summed E-state index contributed by atoms with van der Waals surface area (Å²) in [7, 11) is 1.61. The first-order valence-electron chi connectivity index (χ1n) is 6.86. The summed E-state index contributed by atoms with van der Waals surface area (Å²) in [6.45, 7) is 0.423. The van der Waals surface area contributed by atoms with E-state index in [1.807, 2.05) is 30.3 Å². The number of carbonyl (C=O) groups excluding carboxylic acids is 1. The summed E-state index contributed by atoms with van der Waals surface area (Å²) in [4.78, 5) is 15.7. The van der Waals surface area contributed by atoms with Gasteiger partial charge in [0.15, 0.2) is 0 Å². The lowest BCUT2D eigenvalue weighted by Gasteiger charge is -2.05. The maximum atomic E-state index is 11.9. The zero-order valence-electron chi connectivity index (χ0n) is 12.5. The largest absolute Gasteiger partial charge is 0.497 e. The van der Waals surface area contributed by atoms with E-state index < -0.39 is 5.91 Å². The van der Waals surface area contributed by atoms with Gasteiger partial charge in [-0.1, -0.05) is 12.1 Å². The molecule has 3 N–H and O–H groups in total. The number of H-pyrrole nitrogens is 1. The van der Waals surface area contributed by atoms with Crippen LogP contribution in [0.5, 0.6) is 5.75 Å². The Bertz CT molecular complexity index is 701. The number of rotatable bonds is 7. The summed E-state index contributed by atoms with van der Waals surface area (Å²) in [5, 5.41) is 20.6. The summed E-state index contributed by atoms with van der Waals surface area (Å²) in [5.74, 6) is 0.683. The number of methoxy groups -OCH3 is 1. The van der Waals surface area contributed by atoms with Gasteiger partial charge < -0.3 is 15.4 Å². The second-order valence-electron chi connectivity index (χ2n) is 4.50. The first-order valence-corrected chi connectivity index (χ1v) is 6.86. The molecule has 0 fully saturated rings. The second kappa shape index (κ2) is 8.19. The monoisotopic (exact) mass is 312 g/mol. The van der Waals surface area contributed by atoms with Crippen LogP contribution in [0.25, 0.3) is 0 Å². The predicted molar refractivity (Wildman–Crippen MR) is 83.4 cm³/mol. The molecule has 2 rings (SSSR count). The van der Waals surface area contributed by atoms with Crippen LogP contribution in [0.2, 0.25) is 0 Å². The van der Waals surface area contributed by atoms with E-state index in [0.29, 0.717) is 18.9 Å². The smallest absolute Gasteiger partial charge is 0.263 e. The molecule has 0 aliphatic rings. The zero-order valence-corrected chi connectivity index (χ0v) is 12.5. The number of nitrogens with zero attached hydrogens (tertiary/aromatic N) is 3. The van der Waals surface area contributed by atoms with Crippen LogP contribution in [0, 0.1) is 11.3 Å². The molecular weight excluding hydrogens is 296 g/mol. The number of aromatic amines is 1. The van der Waals surface area contributed by atoms with Crippen molar-refractivity contribution >= 4 is 11.9 Å². The van der Waals surface area contributed by atoms with Crippen molar-refractivity contribution in [2.45, 2.75) is 6.42 Å². The van der Waals surface area contributed by atoms with Gasteiger partial charge in [-0.3, -0.25) is 4.79 Å². The van der Waals surface area contributed by atoms with Crippen molar-refractivity contribution in [2.24, 2.45) is 0 Å². The molecule has 1 heterocycles. The SMILES string of the molecule is COc1ccc(CCNC(=O)/C(C#N)=C\Nc2ncn[nH]2)cc1. The Morgan fingerprint density at radius 1 is 1.43 bits per heavy atom. The van der Waals surface area contributed by atoms with Crippen molar-refractivity contribution in [3.8, 4) is 11.8 Å². The third-order valence-corrected chi connectivity index (χ3v) is 2.99. The Labute approximate surface area is 133 Å². The van der Waals surface area contributed by atoms with Crippen molar-refractivity contribution in [1.82, 2.24) is 20.5 Å². The van der Waals surface area contributed by atoms with Crippen LogP contribution in [0.4, 0.5) is 5.95 Å². The third kappa shape index (κ3) is 4.86. The van der Waals surface area contributed by atoms with E-state index in [4.69, 9.17) is 10.00 Å². The van der Waals surface area contributed by atoms with Crippen LogP contribution >= 0.6 is 0 Å². The topological polar surface area (TPSA) is 116 Å². The predicted octanol–water partition coefficient (Wildman–Crippen LogP) is 0.992. The molecule has 8 nitrogen and oxygen atoms in total. The van der Waals surface area contributed by atoms with Crippen LogP contribution in [0.3, 0.4) is 0 Å². The van der Waals surface area contributed by atoms with Gasteiger partial charge in [0.1, 0.15) is 23.7 Å². The number of anilines is 1. The number of benzene rings is 1. The first kappa shape index (κ1) is 16.0. The number of amides is 1. The summed E-state index contributed by atoms with van der Waals surface area (Å²) < 4.78 is 5.08. The standard InChI is InChI=1S/C15H16N6O2/c1-23-13-4-2-11(3-5-13)6-7-17-14(22)12(8-16)9-18-15-19-10-20-21-15/h2-5,9-10H,6-7H2,1H3,(H,17,22)(H2,18,19,20,21)/b12-9-. The Kier molecular flexibility index (Phi) is 5.71. The Morgan fingerprint density at radius 3 is 2.83 bits per heavy atom. The molecule has 1 aromatic heterocycles. The van der Waals surface area contributed by atoms with Crippen molar-refractivity contribution in [1.29, 1.82) is 5.26 Å². The maximum Gasteiger partial charge on any atom is 0.263 e. The summed E-state index contributed by atoms with van der Waals surface area (Å²) in [5.41, 5.74) is 1.02. The molecule has 1 aromatic carbocycles. The van der Waals surface area contributed by atoms with E-state index in [-0.39, 0.29) is 5.57 Å². The van der Waals surface area contributed by atoms with Crippen LogP contribution in [0.1, 0.15) is 5.56 Å². The molecule has 0 spiro atoms. The summed E-state index contributed by atoms with van der Waals surface area (Å²) in [6, 6.07) is 9.41. The fourth-order valence-electron chi connectivity index (χ4n) is 1.77. The van der Waals surface area contributed by atoms with Gasteiger partial charge in [0.2, 0.25) is 5.95 Å². The highest BCUT2D eigenvalue weighted by molar-refractivity contribution is 5.97. The molecule has 0 atom stereocenters. The van der Waals surface area contributed by atoms with E-state index in [0.717, 1.165) is 11.3 Å². The van der Waals surface area contributed by atoms with Crippen molar-refractivity contribution in [2.75, 3.05) is 19.0 Å². The lowest BCUT2D eigenvalue weighted by atomic mass is 10.1. The van der Waals surface area contributed by atoms with Gasteiger partial charge >= 0.3 is 0 Å². The van der Waals surface area contributed by atoms with E-state index in [1.165, 1.54) is 12.5 Å². The molecule has 0 unspecified atom stereocenters. The molecule has 0 saturated heterocycles. The minimum absolute atomic E-state index is 0.0452. The van der Waals surface area contributed by atoms with Crippen molar-refractivity contribution in [3.63, 3.8) is 0 Å². The first-order chi connectivity index (χ1) is 11.2. The molecule has 1 amide bonds. The molecule has 0 aliphatic carbocycles. The molecule has 0 radical (unpaired) electrons. The Morgan fingerprint density at radius 2 is 2.22 bits per heavy atom. The average Bonchev–Trinajstić information content (AvgIpc) is 3.09. The van der Waals surface area contributed by atoms with Gasteiger partial charge in [0.25, 0.3) is 5.91 Å². The van der Waals surface area contributed by atoms with E-state index in [9.17, 15) is 4.79 Å². The number of hydrogen-bond donors (Lipinski definition) is 3. The third-order valence-electron chi connectivity index (χ3n) is 2.99. The van der Waals surface area contributed by atoms with Crippen molar-refractivity contribution in [3.05, 3.63) is 47.9 Å². The normalized spacial score (nSPS) is 10.7. The van der Waals surface area contributed by atoms with Gasteiger partial charge in [-0.05, 0) is 24.1 Å². The number of nitrogens with one attached hydrogen (secondary N) is 3. The van der Waals surface area contributed by atoms with Gasteiger partial charge in [0, 0.05) is 12.7 Å². The fraction of sp³-hybridized carbons (Fsp3) is 0.200. The van der Waals surface area contributed by atoms with E-state index >= 15 is 0 Å². The lowest BCUT2D eigenvalue weighted by Crippen LogP contribution is -2.27. The minimum atomic E-state index is -0.451. The number of ether oxygens (including phenoxy) is 1. The highest BCUT2D eigenvalue weighted by Crippen LogP contribution is 2.11. The molecule has 2 aromatic rings. The van der Waals surface area contributed by atoms with Crippen LogP contribution in [0.15, 0.2) is 42.4 Å². The number of aromatic nitrogens is 3.